The van der Waals surface area contributed by atoms with E-state index >= 15 is 0 Å². The first-order valence-electron chi connectivity index (χ1n) is 7.48. The highest BCUT2D eigenvalue weighted by atomic mass is 15.3. The molecule has 0 aliphatic carbocycles. The van der Waals surface area contributed by atoms with Crippen molar-refractivity contribution in [1.82, 2.24) is 5.43 Å². The van der Waals surface area contributed by atoms with E-state index in [-0.39, 0.29) is 0 Å². The predicted molar refractivity (Wildman–Crippen MR) is 93.5 cm³/mol. The van der Waals surface area contributed by atoms with Crippen LogP contribution in [0, 0.1) is 11.3 Å². The maximum Gasteiger partial charge on any atom is 0.0991 e. The van der Waals surface area contributed by atoms with Crippen LogP contribution >= 0.6 is 0 Å². The molecule has 3 heteroatoms. The van der Waals surface area contributed by atoms with Gasteiger partial charge in [-0.2, -0.15) is 5.26 Å². The normalized spacial score (nSPS) is 10.0. The van der Waals surface area contributed by atoms with E-state index in [1.54, 1.807) is 0 Å². The summed E-state index contributed by atoms with van der Waals surface area (Å²) in [5.74, 6) is 0. The fourth-order valence-corrected chi connectivity index (χ4v) is 2.37. The Kier molecular flexibility index (Phi) is 4.68. The Morgan fingerprint density at radius 2 is 1.57 bits per heavy atom. The summed E-state index contributed by atoms with van der Waals surface area (Å²) in [6.07, 6.45) is 0. The molecule has 0 aromatic heterocycles. The van der Waals surface area contributed by atoms with Gasteiger partial charge in [0.2, 0.25) is 0 Å². The number of benzene rings is 3. The smallest absolute Gasteiger partial charge is 0.0991 e. The lowest BCUT2D eigenvalue weighted by Crippen LogP contribution is -2.20. The van der Waals surface area contributed by atoms with E-state index in [4.69, 9.17) is 5.26 Å². The van der Waals surface area contributed by atoms with E-state index < -0.39 is 0 Å². The standard InChI is InChI=1S/C20H17N3/c21-14-16-9-11-18(12-10-16)19-6-4-5-17(13-19)15-22-23-20-7-2-1-3-8-20/h1-13,22-23H,15H2. The second kappa shape index (κ2) is 7.26. The number of rotatable bonds is 5. The number of nitrogens with zero attached hydrogens (tertiary/aromatic N) is 1. The molecule has 0 radical (unpaired) electrons. The number of nitriles is 1. The van der Waals surface area contributed by atoms with Gasteiger partial charge in [-0.05, 0) is 47.0 Å². The Balaban J connectivity index is 1.66. The summed E-state index contributed by atoms with van der Waals surface area (Å²) in [4.78, 5) is 0. The van der Waals surface area contributed by atoms with Crippen LogP contribution in [0.5, 0.6) is 0 Å². The van der Waals surface area contributed by atoms with Crippen molar-refractivity contribution >= 4 is 5.69 Å². The zero-order chi connectivity index (χ0) is 15.9. The molecule has 2 N–H and O–H groups in total. The number of para-hydroxylation sites is 1. The van der Waals surface area contributed by atoms with Crippen LogP contribution in [0.4, 0.5) is 5.69 Å². The van der Waals surface area contributed by atoms with Gasteiger partial charge in [0.15, 0.2) is 0 Å². The summed E-state index contributed by atoms with van der Waals surface area (Å²) in [6, 6.07) is 28.2. The van der Waals surface area contributed by atoms with Crippen LogP contribution in [0.25, 0.3) is 11.1 Å². The van der Waals surface area contributed by atoms with Crippen molar-refractivity contribution in [2.45, 2.75) is 6.54 Å². The van der Waals surface area contributed by atoms with Crippen LogP contribution in [0.2, 0.25) is 0 Å². The summed E-state index contributed by atoms with van der Waals surface area (Å²) in [6.45, 7) is 0.721. The van der Waals surface area contributed by atoms with Crippen molar-refractivity contribution in [2.24, 2.45) is 0 Å². The minimum absolute atomic E-state index is 0.679. The molecule has 0 heterocycles. The molecule has 0 saturated carbocycles. The Labute approximate surface area is 136 Å². The van der Waals surface area contributed by atoms with Crippen molar-refractivity contribution in [3.63, 3.8) is 0 Å². The molecular formula is C20H17N3. The molecule has 0 fully saturated rings. The third-order valence-electron chi connectivity index (χ3n) is 3.57. The predicted octanol–water partition coefficient (Wildman–Crippen LogP) is 4.34. The maximum atomic E-state index is 8.87. The third-order valence-corrected chi connectivity index (χ3v) is 3.57. The Bertz CT molecular complexity index is 802. The van der Waals surface area contributed by atoms with Gasteiger partial charge in [0.05, 0.1) is 11.6 Å². The first-order chi connectivity index (χ1) is 11.3. The number of anilines is 1. The first kappa shape index (κ1) is 14.8. The van der Waals surface area contributed by atoms with Crippen molar-refractivity contribution in [2.75, 3.05) is 5.43 Å². The average molecular weight is 299 g/mol. The van der Waals surface area contributed by atoms with Crippen molar-refractivity contribution in [3.8, 4) is 17.2 Å². The van der Waals surface area contributed by atoms with Crippen LogP contribution in [0.1, 0.15) is 11.1 Å². The summed E-state index contributed by atoms with van der Waals surface area (Å²) >= 11 is 0. The van der Waals surface area contributed by atoms with Crippen molar-refractivity contribution in [3.05, 3.63) is 90.0 Å². The lowest BCUT2D eigenvalue weighted by molar-refractivity contribution is 0.802. The van der Waals surface area contributed by atoms with Gasteiger partial charge in [-0.3, -0.25) is 0 Å². The lowest BCUT2D eigenvalue weighted by Gasteiger charge is -2.09. The van der Waals surface area contributed by atoms with E-state index in [2.05, 4.69) is 35.1 Å². The Morgan fingerprint density at radius 3 is 2.30 bits per heavy atom. The molecule has 3 aromatic carbocycles. The quantitative estimate of drug-likeness (QED) is 0.689. The summed E-state index contributed by atoms with van der Waals surface area (Å²) in [5, 5.41) is 8.87. The summed E-state index contributed by atoms with van der Waals surface area (Å²) in [5.41, 5.74) is 11.6. The van der Waals surface area contributed by atoms with E-state index in [1.165, 1.54) is 5.56 Å². The fourth-order valence-electron chi connectivity index (χ4n) is 2.37. The van der Waals surface area contributed by atoms with Crippen LogP contribution in [0.15, 0.2) is 78.9 Å². The van der Waals surface area contributed by atoms with Gasteiger partial charge in [0.1, 0.15) is 0 Å². The topological polar surface area (TPSA) is 47.9 Å². The zero-order valence-corrected chi connectivity index (χ0v) is 12.7. The average Bonchev–Trinajstić information content (AvgIpc) is 2.63. The monoisotopic (exact) mass is 299 g/mol. The minimum Gasteiger partial charge on any atom is -0.321 e. The van der Waals surface area contributed by atoms with Crippen molar-refractivity contribution in [1.29, 1.82) is 5.26 Å². The van der Waals surface area contributed by atoms with Gasteiger partial charge in [0, 0.05) is 12.2 Å². The SMILES string of the molecule is N#Cc1ccc(-c2cccc(CNNc3ccccc3)c2)cc1. The molecule has 112 valence electrons. The van der Waals surface area contributed by atoms with Gasteiger partial charge in [-0.25, -0.2) is 5.43 Å². The van der Waals surface area contributed by atoms with Crippen LogP contribution < -0.4 is 10.9 Å². The van der Waals surface area contributed by atoms with Gasteiger partial charge < -0.3 is 5.43 Å². The highest BCUT2D eigenvalue weighted by Crippen LogP contribution is 2.21. The second-order valence-corrected chi connectivity index (χ2v) is 5.23. The second-order valence-electron chi connectivity index (χ2n) is 5.23. The van der Waals surface area contributed by atoms with Crippen LogP contribution in [-0.4, -0.2) is 0 Å². The van der Waals surface area contributed by atoms with E-state index in [0.717, 1.165) is 23.4 Å². The molecular weight excluding hydrogens is 282 g/mol. The fraction of sp³-hybridized carbons (Fsp3) is 0.0500. The summed E-state index contributed by atoms with van der Waals surface area (Å²) in [7, 11) is 0. The molecule has 0 bridgehead atoms. The Morgan fingerprint density at radius 1 is 0.783 bits per heavy atom. The molecule has 0 aliphatic heterocycles. The summed E-state index contributed by atoms with van der Waals surface area (Å²) < 4.78 is 0. The first-order valence-corrected chi connectivity index (χ1v) is 7.48. The molecule has 0 aliphatic rings. The molecule has 0 amide bonds. The van der Waals surface area contributed by atoms with Gasteiger partial charge >= 0.3 is 0 Å². The van der Waals surface area contributed by atoms with E-state index in [9.17, 15) is 0 Å². The molecule has 0 unspecified atom stereocenters. The van der Waals surface area contributed by atoms with Crippen molar-refractivity contribution < 1.29 is 0 Å². The molecule has 0 atom stereocenters. The zero-order valence-electron chi connectivity index (χ0n) is 12.7. The number of hydrazine groups is 1. The molecule has 3 nitrogen and oxygen atoms in total. The molecule has 3 aromatic rings. The highest BCUT2D eigenvalue weighted by Gasteiger charge is 2.00. The van der Waals surface area contributed by atoms with Crippen LogP contribution in [-0.2, 0) is 6.54 Å². The molecule has 0 saturated heterocycles. The Hall–Kier alpha value is -3.09. The highest BCUT2D eigenvalue weighted by molar-refractivity contribution is 5.65. The molecule has 3 rings (SSSR count). The van der Waals surface area contributed by atoms with Gasteiger partial charge in [-0.1, -0.05) is 48.5 Å². The van der Waals surface area contributed by atoms with E-state index in [0.29, 0.717) is 5.56 Å². The van der Waals surface area contributed by atoms with Gasteiger partial charge in [-0.15, -0.1) is 0 Å². The number of hydrogen-bond donors (Lipinski definition) is 2. The molecule has 23 heavy (non-hydrogen) atoms. The molecule has 0 spiro atoms. The number of nitrogens with one attached hydrogen (secondary N) is 2. The third kappa shape index (κ3) is 3.97. The maximum absolute atomic E-state index is 8.87. The minimum atomic E-state index is 0.679. The van der Waals surface area contributed by atoms with Crippen LogP contribution in [0.3, 0.4) is 0 Å². The van der Waals surface area contributed by atoms with E-state index in [1.807, 2.05) is 60.7 Å². The largest absolute Gasteiger partial charge is 0.321 e. The van der Waals surface area contributed by atoms with Gasteiger partial charge in [0.25, 0.3) is 0 Å². The lowest BCUT2D eigenvalue weighted by atomic mass is 10.0. The number of hydrogen-bond acceptors (Lipinski definition) is 3.